The van der Waals surface area contributed by atoms with E-state index in [1.54, 1.807) is 0 Å². The van der Waals surface area contributed by atoms with Gasteiger partial charge in [0.1, 0.15) is 0 Å². The van der Waals surface area contributed by atoms with Gasteiger partial charge in [0.15, 0.2) is 5.16 Å². The van der Waals surface area contributed by atoms with Gasteiger partial charge in [0, 0.05) is 17.9 Å². The maximum Gasteiger partial charge on any atom is 0.313 e. The van der Waals surface area contributed by atoms with Crippen LogP contribution in [-0.2, 0) is 4.79 Å². The van der Waals surface area contributed by atoms with E-state index in [0.29, 0.717) is 12.0 Å². The maximum absolute atomic E-state index is 10.8. The molecule has 1 aliphatic carbocycles. The lowest BCUT2D eigenvalue weighted by Gasteiger charge is -2.15. The predicted molar refractivity (Wildman–Crippen MR) is 81.3 cm³/mol. The quantitative estimate of drug-likeness (QED) is 0.840. The molecule has 0 aliphatic heterocycles. The summed E-state index contributed by atoms with van der Waals surface area (Å²) in [6, 6.07) is 0.381. The zero-order valence-electron chi connectivity index (χ0n) is 13.1. The van der Waals surface area contributed by atoms with Crippen molar-refractivity contribution in [3.8, 4) is 0 Å². The number of rotatable bonds is 5. The number of aliphatic carboxylic acids is 1. The SMILES string of the molecule is CC(C)c1cnc(SCC(=O)O)n1C1C(C)(C)C1(C)C. The molecule has 5 heteroatoms. The second-order valence-corrected chi connectivity index (χ2v) is 7.96. The molecule has 1 fully saturated rings. The average molecular weight is 296 g/mol. The number of carboxylic acid groups (broad SMARTS) is 1. The van der Waals surface area contributed by atoms with Crippen LogP contribution in [0.2, 0.25) is 0 Å². The van der Waals surface area contributed by atoms with Gasteiger partial charge in [0.25, 0.3) is 0 Å². The molecule has 0 amide bonds. The molecule has 4 nitrogen and oxygen atoms in total. The van der Waals surface area contributed by atoms with Crippen molar-refractivity contribution in [2.75, 3.05) is 5.75 Å². The molecule has 20 heavy (non-hydrogen) atoms. The van der Waals surface area contributed by atoms with Crippen LogP contribution in [0.25, 0.3) is 0 Å². The van der Waals surface area contributed by atoms with Gasteiger partial charge in [0.2, 0.25) is 0 Å². The molecule has 0 spiro atoms. The number of carboxylic acids is 1. The second kappa shape index (κ2) is 4.79. The molecule has 0 saturated heterocycles. The normalized spacial score (nSPS) is 20.4. The summed E-state index contributed by atoms with van der Waals surface area (Å²) in [6.45, 7) is 13.4. The number of carbonyl (C=O) groups is 1. The van der Waals surface area contributed by atoms with Gasteiger partial charge in [0.05, 0.1) is 5.75 Å². The Hall–Kier alpha value is -0.970. The summed E-state index contributed by atoms with van der Waals surface area (Å²) < 4.78 is 2.28. The highest BCUT2D eigenvalue weighted by molar-refractivity contribution is 7.99. The lowest BCUT2D eigenvalue weighted by Crippen LogP contribution is -2.09. The first-order chi connectivity index (χ1) is 9.10. The van der Waals surface area contributed by atoms with Crippen molar-refractivity contribution in [1.82, 2.24) is 9.55 Å². The smallest absolute Gasteiger partial charge is 0.313 e. The lowest BCUT2D eigenvalue weighted by molar-refractivity contribution is -0.133. The molecule has 1 aromatic heterocycles. The minimum Gasteiger partial charge on any atom is -0.481 e. The van der Waals surface area contributed by atoms with Crippen LogP contribution < -0.4 is 0 Å². The van der Waals surface area contributed by atoms with Crippen LogP contribution in [0.4, 0.5) is 0 Å². The van der Waals surface area contributed by atoms with Crippen molar-refractivity contribution in [1.29, 1.82) is 0 Å². The van der Waals surface area contributed by atoms with E-state index >= 15 is 0 Å². The van der Waals surface area contributed by atoms with Crippen LogP contribution in [0.3, 0.4) is 0 Å². The molecule has 0 radical (unpaired) electrons. The number of aromatic nitrogens is 2. The van der Waals surface area contributed by atoms with Crippen LogP contribution in [0.1, 0.15) is 59.2 Å². The minimum absolute atomic E-state index is 0.0577. The van der Waals surface area contributed by atoms with E-state index in [4.69, 9.17) is 5.11 Å². The number of hydrogen-bond donors (Lipinski definition) is 1. The van der Waals surface area contributed by atoms with Crippen LogP contribution >= 0.6 is 11.8 Å². The summed E-state index contributed by atoms with van der Waals surface area (Å²) in [5.74, 6) is -0.360. The molecular formula is C15H24N2O2S. The van der Waals surface area contributed by atoms with Crippen molar-refractivity contribution >= 4 is 17.7 Å². The van der Waals surface area contributed by atoms with Crippen LogP contribution in [0, 0.1) is 10.8 Å². The fourth-order valence-electron chi connectivity index (χ4n) is 3.08. The van der Waals surface area contributed by atoms with E-state index < -0.39 is 5.97 Å². The Morgan fingerprint density at radius 2 is 1.95 bits per heavy atom. The summed E-state index contributed by atoms with van der Waals surface area (Å²) in [6.07, 6.45) is 1.90. The standard InChI is InChI=1S/C15H24N2O2S/c1-9(2)10-7-16-13(20-8-11(18)19)17(10)12-14(3,4)15(12,5)6/h7,9,12H,8H2,1-6H3,(H,18,19). The van der Waals surface area contributed by atoms with Gasteiger partial charge in [-0.2, -0.15) is 0 Å². The number of thioether (sulfide) groups is 1. The molecule has 0 aromatic carbocycles. The van der Waals surface area contributed by atoms with Gasteiger partial charge in [-0.15, -0.1) is 0 Å². The molecule has 0 bridgehead atoms. The Labute approximate surface area is 125 Å². The molecule has 112 valence electrons. The first-order valence-corrected chi connectivity index (χ1v) is 8.01. The second-order valence-electron chi connectivity index (χ2n) is 7.02. The summed E-state index contributed by atoms with van der Waals surface area (Å²) >= 11 is 1.32. The Kier molecular flexibility index (Phi) is 3.70. The van der Waals surface area contributed by atoms with Crippen molar-refractivity contribution in [2.24, 2.45) is 10.8 Å². The molecule has 1 N–H and O–H groups in total. The third kappa shape index (κ3) is 2.26. The highest BCUT2D eigenvalue weighted by atomic mass is 32.2. The predicted octanol–water partition coefficient (Wildman–Crippen LogP) is 3.79. The molecule has 1 aliphatic rings. The summed E-state index contributed by atoms with van der Waals surface area (Å²) in [7, 11) is 0. The Morgan fingerprint density at radius 3 is 2.35 bits per heavy atom. The monoisotopic (exact) mass is 296 g/mol. The van der Waals surface area contributed by atoms with Crippen molar-refractivity contribution in [2.45, 2.75) is 58.7 Å². The number of imidazole rings is 1. The molecule has 0 unspecified atom stereocenters. The van der Waals surface area contributed by atoms with E-state index in [1.165, 1.54) is 17.5 Å². The minimum atomic E-state index is -0.801. The summed E-state index contributed by atoms with van der Waals surface area (Å²) in [4.78, 5) is 15.3. The summed E-state index contributed by atoms with van der Waals surface area (Å²) in [5.41, 5.74) is 1.60. The fourth-order valence-corrected chi connectivity index (χ4v) is 3.81. The van der Waals surface area contributed by atoms with Crippen LogP contribution in [-0.4, -0.2) is 26.4 Å². The van der Waals surface area contributed by atoms with Crippen molar-refractivity contribution in [3.05, 3.63) is 11.9 Å². The van der Waals surface area contributed by atoms with Gasteiger partial charge >= 0.3 is 5.97 Å². The Morgan fingerprint density at radius 1 is 1.40 bits per heavy atom. The van der Waals surface area contributed by atoms with E-state index in [9.17, 15) is 4.79 Å². The Balaban J connectivity index is 2.39. The summed E-state index contributed by atoms with van der Waals surface area (Å²) in [5, 5.41) is 9.72. The molecule has 1 aromatic rings. The van der Waals surface area contributed by atoms with Gasteiger partial charge in [-0.25, -0.2) is 4.98 Å². The fraction of sp³-hybridized carbons (Fsp3) is 0.733. The van der Waals surface area contributed by atoms with Gasteiger partial charge < -0.3 is 9.67 Å². The van der Waals surface area contributed by atoms with Crippen LogP contribution in [0.15, 0.2) is 11.4 Å². The number of nitrogens with zero attached hydrogens (tertiary/aromatic N) is 2. The molecule has 1 saturated carbocycles. The zero-order valence-corrected chi connectivity index (χ0v) is 13.9. The van der Waals surface area contributed by atoms with E-state index in [1.807, 2.05) is 6.20 Å². The lowest BCUT2D eigenvalue weighted by atomic mass is 10.0. The van der Waals surface area contributed by atoms with Crippen molar-refractivity contribution < 1.29 is 9.90 Å². The Bertz CT molecular complexity index is 518. The van der Waals surface area contributed by atoms with Gasteiger partial charge in [-0.3, -0.25) is 4.79 Å². The van der Waals surface area contributed by atoms with E-state index in [2.05, 4.69) is 51.1 Å². The van der Waals surface area contributed by atoms with Crippen molar-refractivity contribution in [3.63, 3.8) is 0 Å². The number of hydrogen-bond acceptors (Lipinski definition) is 3. The van der Waals surface area contributed by atoms with E-state index in [-0.39, 0.29) is 16.6 Å². The highest BCUT2D eigenvalue weighted by Gasteiger charge is 2.66. The third-order valence-corrected chi connectivity index (χ3v) is 5.86. The molecule has 0 atom stereocenters. The van der Waals surface area contributed by atoms with Gasteiger partial charge in [-0.05, 0) is 16.7 Å². The molecule has 2 rings (SSSR count). The van der Waals surface area contributed by atoms with E-state index in [0.717, 1.165) is 5.16 Å². The zero-order chi connectivity index (χ0) is 15.3. The maximum atomic E-state index is 10.8. The third-order valence-electron chi connectivity index (χ3n) is 4.91. The first-order valence-electron chi connectivity index (χ1n) is 7.02. The topological polar surface area (TPSA) is 55.1 Å². The largest absolute Gasteiger partial charge is 0.481 e. The van der Waals surface area contributed by atoms with Crippen LogP contribution in [0.5, 0.6) is 0 Å². The van der Waals surface area contributed by atoms with Gasteiger partial charge in [-0.1, -0.05) is 53.3 Å². The first kappa shape index (κ1) is 15.4. The molecule has 1 heterocycles. The average Bonchev–Trinajstić information content (AvgIpc) is 2.63. The highest BCUT2D eigenvalue weighted by Crippen LogP contribution is 2.72. The molecular weight excluding hydrogens is 272 g/mol.